The molecule has 0 saturated heterocycles. The van der Waals surface area contributed by atoms with Gasteiger partial charge < -0.3 is 5.32 Å². The predicted octanol–water partition coefficient (Wildman–Crippen LogP) is 4.07. The summed E-state index contributed by atoms with van der Waals surface area (Å²) in [6.07, 6.45) is 0. The van der Waals surface area contributed by atoms with Gasteiger partial charge >= 0.3 is 0 Å². The Balaban J connectivity index is 2.21. The van der Waals surface area contributed by atoms with Gasteiger partial charge in [-0.15, -0.1) is 11.3 Å². The maximum absolute atomic E-state index is 11.8. The van der Waals surface area contributed by atoms with Crippen molar-refractivity contribution >= 4 is 38.9 Å². The van der Waals surface area contributed by atoms with E-state index in [1.54, 1.807) is 0 Å². The first kappa shape index (κ1) is 11.4. The molecule has 0 spiro atoms. The fourth-order valence-corrected chi connectivity index (χ4v) is 2.29. The van der Waals surface area contributed by atoms with E-state index in [9.17, 15) is 4.79 Å². The van der Waals surface area contributed by atoms with Crippen LogP contribution in [0.4, 0.5) is 5.69 Å². The molecule has 0 fully saturated rings. The lowest BCUT2D eigenvalue weighted by atomic mass is 10.2. The summed E-state index contributed by atoms with van der Waals surface area (Å²) in [5.74, 6) is -0.0682. The van der Waals surface area contributed by atoms with Crippen LogP contribution in [0.5, 0.6) is 0 Å². The first-order valence-electron chi connectivity index (χ1n) is 4.78. The molecule has 0 unspecified atom stereocenters. The van der Waals surface area contributed by atoms with E-state index in [-0.39, 0.29) is 5.91 Å². The average Bonchev–Trinajstić information content (AvgIpc) is 2.76. The second-order valence-electron chi connectivity index (χ2n) is 3.41. The Morgan fingerprint density at radius 2 is 2.19 bits per heavy atom. The summed E-state index contributed by atoms with van der Waals surface area (Å²) in [5, 5.41) is 4.77. The van der Waals surface area contributed by atoms with Crippen molar-refractivity contribution in [3.63, 3.8) is 0 Å². The van der Waals surface area contributed by atoms with Crippen LogP contribution in [0, 0.1) is 6.92 Å². The molecule has 0 atom stereocenters. The SMILES string of the molecule is Cc1ccc(Br)c(NC(=O)c2cccs2)c1. The number of nitrogens with one attached hydrogen (secondary N) is 1. The Kier molecular flexibility index (Phi) is 3.41. The predicted molar refractivity (Wildman–Crippen MR) is 71.2 cm³/mol. The van der Waals surface area contributed by atoms with Crippen LogP contribution in [0.2, 0.25) is 0 Å². The molecule has 0 aliphatic heterocycles. The molecule has 2 aromatic rings. The number of hydrogen-bond donors (Lipinski definition) is 1. The lowest BCUT2D eigenvalue weighted by Gasteiger charge is -2.07. The normalized spacial score (nSPS) is 10.1. The van der Waals surface area contributed by atoms with Gasteiger partial charge in [-0.05, 0) is 52.0 Å². The zero-order chi connectivity index (χ0) is 11.5. The van der Waals surface area contributed by atoms with Gasteiger partial charge in [-0.1, -0.05) is 12.1 Å². The zero-order valence-corrected chi connectivity index (χ0v) is 11.1. The van der Waals surface area contributed by atoms with Gasteiger partial charge in [0.2, 0.25) is 0 Å². The Morgan fingerprint density at radius 1 is 1.38 bits per heavy atom. The molecule has 1 heterocycles. The van der Waals surface area contributed by atoms with E-state index in [4.69, 9.17) is 0 Å². The van der Waals surface area contributed by atoms with Gasteiger partial charge in [0.05, 0.1) is 10.6 Å². The number of hydrogen-bond acceptors (Lipinski definition) is 2. The molecule has 16 heavy (non-hydrogen) atoms. The third-order valence-electron chi connectivity index (χ3n) is 2.12. The van der Waals surface area contributed by atoms with Crippen molar-refractivity contribution in [2.24, 2.45) is 0 Å². The molecule has 0 aliphatic rings. The highest BCUT2D eigenvalue weighted by Gasteiger charge is 2.08. The maximum atomic E-state index is 11.8. The molecule has 0 radical (unpaired) electrons. The molecule has 1 N–H and O–H groups in total. The lowest BCUT2D eigenvalue weighted by Crippen LogP contribution is -2.10. The molecule has 4 heteroatoms. The van der Waals surface area contributed by atoms with Crippen LogP contribution < -0.4 is 5.32 Å². The molecule has 1 aromatic carbocycles. The summed E-state index contributed by atoms with van der Waals surface area (Å²) in [5.41, 5.74) is 1.92. The highest BCUT2D eigenvalue weighted by atomic mass is 79.9. The van der Waals surface area contributed by atoms with Crippen LogP contribution in [0.25, 0.3) is 0 Å². The van der Waals surface area contributed by atoms with Gasteiger partial charge in [0.15, 0.2) is 0 Å². The van der Waals surface area contributed by atoms with Gasteiger partial charge in [0.1, 0.15) is 0 Å². The fraction of sp³-hybridized carbons (Fsp3) is 0.0833. The zero-order valence-electron chi connectivity index (χ0n) is 8.66. The summed E-state index contributed by atoms with van der Waals surface area (Å²) < 4.78 is 0.892. The van der Waals surface area contributed by atoms with Crippen molar-refractivity contribution in [3.8, 4) is 0 Å². The van der Waals surface area contributed by atoms with Crippen molar-refractivity contribution in [2.75, 3.05) is 5.32 Å². The topological polar surface area (TPSA) is 29.1 Å². The van der Waals surface area contributed by atoms with Crippen molar-refractivity contribution in [2.45, 2.75) is 6.92 Å². The summed E-state index contributed by atoms with van der Waals surface area (Å²) in [6.45, 7) is 1.99. The minimum Gasteiger partial charge on any atom is -0.320 e. The van der Waals surface area contributed by atoms with Crippen molar-refractivity contribution in [1.29, 1.82) is 0 Å². The first-order chi connectivity index (χ1) is 7.66. The number of rotatable bonds is 2. The number of anilines is 1. The standard InChI is InChI=1S/C12H10BrNOS/c1-8-4-5-9(13)10(7-8)14-12(15)11-3-2-6-16-11/h2-7H,1H3,(H,14,15). The number of carbonyl (C=O) groups excluding carboxylic acids is 1. The number of thiophene rings is 1. The van der Waals surface area contributed by atoms with E-state index in [1.165, 1.54) is 11.3 Å². The van der Waals surface area contributed by atoms with Crippen LogP contribution in [0.15, 0.2) is 40.2 Å². The van der Waals surface area contributed by atoms with Gasteiger partial charge in [0.25, 0.3) is 5.91 Å². The van der Waals surface area contributed by atoms with Crippen molar-refractivity contribution in [1.82, 2.24) is 0 Å². The minimum absolute atomic E-state index is 0.0682. The number of halogens is 1. The number of amides is 1. The molecule has 0 aliphatic carbocycles. The average molecular weight is 296 g/mol. The van der Waals surface area contributed by atoms with Crippen LogP contribution in [-0.4, -0.2) is 5.91 Å². The van der Waals surface area contributed by atoms with Crippen molar-refractivity contribution < 1.29 is 4.79 Å². The Hall–Kier alpha value is -1.13. The second-order valence-corrected chi connectivity index (χ2v) is 5.22. The van der Waals surface area contributed by atoms with Crippen LogP contribution >= 0.6 is 27.3 Å². The van der Waals surface area contributed by atoms with Gasteiger partial charge in [-0.25, -0.2) is 0 Å². The first-order valence-corrected chi connectivity index (χ1v) is 6.45. The summed E-state index contributed by atoms with van der Waals surface area (Å²) in [7, 11) is 0. The van der Waals surface area contributed by atoms with E-state index in [2.05, 4.69) is 21.2 Å². The van der Waals surface area contributed by atoms with Crippen LogP contribution in [0.1, 0.15) is 15.2 Å². The smallest absolute Gasteiger partial charge is 0.265 e. The van der Waals surface area contributed by atoms with E-state index in [0.717, 1.165) is 15.7 Å². The number of carbonyl (C=O) groups is 1. The van der Waals surface area contributed by atoms with Gasteiger partial charge in [0, 0.05) is 4.47 Å². The molecule has 0 bridgehead atoms. The third kappa shape index (κ3) is 2.51. The largest absolute Gasteiger partial charge is 0.320 e. The summed E-state index contributed by atoms with van der Waals surface area (Å²) in [6, 6.07) is 9.54. The summed E-state index contributed by atoms with van der Waals surface area (Å²) >= 11 is 4.84. The highest BCUT2D eigenvalue weighted by molar-refractivity contribution is 9.10. The maximum Gasteiger partial charge on any atom is 0.265 e. The molecule has 2 nitrogen and oxygen atoms in total. The fourth-order valence-electron chi connectivity index (χ4n) is 1.33. The molecule has 0 saturated carbocycles. The Bertz CT molecular complexity index is 508. The molecule has 82 valence electrons. The Morgan fingerprint density at radius 3 is 2.88 bits per heavy atom. The van der Waals surface area contributed by atoms with Crippen molar-refractivity contribution in [3.05, 3.63) is 50.6 Å². The van der Waals surface area contributed by atoms with E-state index < -0.39 is 0 Å². The van der Waals surface area contributed by atoms with Gasteiger partial charge in [-0.2, -0.15) is 0 Å². The van der Waals surface area contributed by atoms with E-state index in [0.29, 0.717) is 4.88 Å². The highest BCUT2D eigenvalue weighted by Crippen LogP contribution is 2.24. The monoisotopic (exact) mass is 295 g/mol. The van der Waals surface area contributed by atoms with Gasteiger partial charge in [-0.3, -0.25) is 4.79 Å². The third-order valence-corrected chi connectivity index (χ3v) is 3.68. The lowest BCUT2D eigenvalue weighted by molar-refractivity contribution is 0.103. The number of benzene rings is 1. The summed E-state index contributed by atoms with van der Waals surface area (Å²) in [4.78, 5) is 12.5. The Labute approximate surface area is 106 Å². The molecular formula is C12H10BrNOS. The second kappa shape index (κ2) is 4.80. The van der Waals surface area contributed by atoms with E-state index >= 15 is 0 Å². The molecular weight excluding hydrogens is 286 g/mol. The van der Waals surface area contributed by atoms with Crippen LogP contribution in [-0.2, 0) is 0 Å². The number of aryl methyl sites for hydroxylation is 1. The van der Waals surface area contributed by atoms with Crippen LogP contribution in [0.3, 0.4) is 0 Å². The minimum atomic E-state index is -0.0682. The van der Waals surface area contributed by atoms with E-state index in [1.807, 2.05) is 42.6 Å². The molecule has 1 aromatic heterocycles. The molecule has 2 rings (SSSR count). The quantitative estimate of drug-likeness (QED) is 0.889. The molecule has 1 amide bonds.